The fourth-order valence-electron chi connectivity index (χ4n) is 12.0. The normalized spacial score (nSPS) is 20.2. The van der Waals surface area contributed by atoms with Crippen LogP contribution >= 0.6 is 46.4 Å². The number of hydrogen-bond donors (Lipinski definition) is 6. The highest BCUT2D eigenvalue weighted by Gasteiger charge is 2.34. The van der Waals surface area contributed by atoms with E-state index < -0.39 is 20.0 Å². The summed E-state index contributed by atoms with van der Waals surface area (Å²) in [6.45, 7) is 14.2. The van der Waals surface area contributed by atoms with Crippen LogP contribution in [0.1, 0.15) is 105 Å². The molecular formula is C56H76Cl4N10O8S2. The number of amides is 4. The lowest BCUT2D eigenvalue weighted by atomic mass is 9.82. The second-order valence-corrected chi connectivity index (χ2v) is 26.6. The second-order valence-electron chi connectivity index (χ2n) is 21.8. The number of urea groups is 2. The van der Waals surface area contributed by atoms with Crippen molar-refractivity contribution in [2.45, 2.75) is 86.1 Å². The van der Waals surface area contributed by atoms with Gasteiger partial charge in [0.25, 0.3) is 0 Å². The van der Waals surface area contributed by atoms with Crippen LogP contribution in [0.25, 0.3) is 0 Å². The molecule has 4 heterocycles. The van der Waals surface area contributed by atoms with Gasteiger partial charge < -0.3 is 50.3 Å². The molecule has 2 saturated heterocycles. The number of ether oxygens (including phenoxy) is 2. The number of fused-ring (bicyclic) bond motifs is 2. The summed E-state index contributed by atoms with van der Waals surface area (Å²) >= 11 is 26.2. The van der Waals surface area contributed by atoms with Crippen LogP contribution < -0.4 is 31.5 Å². The molecule has 4 amide bonds. The van der Waals surface area contributed by atoms with Crippen molar-refractivity contribution in [3.8, 4) is 0 Å². The van der Waals surface area contributed by atoms with Gasteiger partial charge >= 0.3 is 12.1 Å². The second kappa shape index (κ2) is 27.7. The highest BCUT2D eigenvalue weighted by molar-refractivity contribution is 7.89. The number of hydrogen-bond acceptors (Lipinski definition) is 12. The monoisotopic (exact) mass is 1220 g/mol. The van der Waals surface area contributed by atoms with Gasteiger partial charge in [0.1, 0.15) is 0 Å². The van der Waals surface area contributed by atoms with Crippen LogP contribution in [0.15, 0.2) is 58.3 Å². The number of unbranched alkanes of at least 4 members (excludes halogenated alkanes) is 1. The highest BCUT2D eigenvalue weighted by Crippen LogP contribution is 2.44. The number of halogens is 4. The average molecular weight is 1220 g/mol. The van der Waals surface area contributed by atoms with Gasteiger partial charge in [0, 0.05) is 110 Å². The van der Waals surface area contributed by atoms with E-state index in [1.807, 2.05) is 40.1 Å². The van der Waals surface area contributed by atoms with Crippen molar-refractivity contribution in [2.24, 2.45) is 10.3 Å². The van der Waals surface area contributed by atoms with E-state index in [2.05, 4.69) is 53.0 Å². The highest BCUT2D eigenvalue weighted by atomic mass is 35.5. The zero-order valence-electron chi connectivity index (χ0n) is 46.0. The summed E-state index contributed by atoms with van der Waals surface area (Å²) < 4.78 is 63.4. The topological polar surface area (TPSA) is 234 Å². The number of likely N-dealkylation sites (N-methyl/N-ethyl adjacent to an activating group) is 2. The third-order valence-corrected chi connectivity index (χ3v) is 19.2. The van der Waals surface area contributed by atoms with Gasteiger partial charge in [-0.05, 0) is 171 Å². The number of primary sulfonamides is 2. The molecule has 4 aromatic carbocycles. The third-order valence-electron chi connectivity index (χ3n) is 16.0. The van der Waals surface area contributed by atoms with Crippen molar-refractivity contribution >= 4 is 78.5 Å². The molecule has 4 aliphatic heterocycles. The van der Waals surface area contributed by atoms with Crippen molar-refractivity contribution in [2.75, 3.05) is 119 Å². The van der Waals surface area contributed by atoms with E-state index >= 15 is 0 Å². The maximum Gasteiger partial charge on any atom is 0.314 e. The Hall–Kier alpha value is -3.84. The molecule has 0 bridgehead atoms. The van der Waals surface area contributed by atoms with E-state index in [1.54, 1.807) is 24.3 Å². The summed E-state index contributed by atoms with van der Waals surface area (Å²) in [6.07, 6.45) is 3.08. The summed E-state index contributed by atoms with van der Waals surface area (Å²) in [5.41, 5.74) is 9.02. The molecule has 0 aliphatic carbocycles. The molecule has 4 aliphatic rings. The molecule has 0 spiro atoms. The Morgan fingerprint density at radius 2 is 0.938 bits per heavy atom. The van der Waals surface area contributed by atoms with Crippen molar-refractivity contribution < 1.29 is 35.9 Å². The molecule has 0 radical (unpaired) electrons. The maximum atomic E-state index is 12.9. The Kier molecular flexibility index (Phi) is 21.5. The minimum atomic E-state index is -4.00. The maximum absolute atomic E-state index is 12.9. The van der Waals surface area contributed by atoms with Gasteiger partial charge in [-0.25, -0.2) is 36.7 Å². The fraction of sp³-hybridized carbons (Fsp3) is 0.536. The van der Waals surface area contributed by atoms with Gasteiger partial charge in [-0.2, -0.15) is 0 Å². The first-order valence-corrected chi connectivity index (χ1v) is 31.9. The first-order chi connectivity index (χ1) is 38.0. The zero-order valence-corrected chi connectivity index (χ0v) is 50.7. The number of carbonyl (C=O) groups is 2. The molecule has 4 aromatic rings. The minimum Gasteiger partial charge on any atom is -0.378 e. The van der Waals surface area contributed by atoms with Gasteiger partial charge in [-0.15, -0.1) is 0 Å². The number of rotatable bonds is 23. The molecule has 80 heavy (non-hydrogen) atoms. The lowest BCUT2D eigenvalue weighted by Crippen LogP contribution is -2.39. The largest absolute Gasteiger partial charge is 0.378 e. The summed E-state index contributed by atoms with van der Waals surface area (Å²) in [5.74, 6) is -0.0580. The minimum absolute atomic E-state index is 0.109. The first-order valence-electron chi connectivity index (χ1n) is 27.3. The van der Waals surface area contributed by atoms with Crippen LogP contribution in [0.3, 0.4) is 0 Å². The standard InChI is InChI=1S/C56H76Cl4N10O8S2/c1-35-43(21-39(23-53(35)79(61,73)74)47-31-67(3)33-49-45(47)25-41(57)27-51(49)59)37-7-13-69(29-37)15-19-77-17-11-65-55(71)63-9-5-6-10-64-56(72)66-12-18-78-20-16-70-14-8-38(30-70)44-22-40(24-54(36(44)2)80(62,75)76)48-32-68(4)34-50-46(48)26-42(58)28-52(50)60/h21-28,37-38,47-48H,5-20,29-34H2,1-4H3,(H2,61,73,74)(H2,62,75,76)(H2,63,65,71)(H2,64,66,72)/t37-,38-,47?,48?/m0/s1. The van der Waals surface area contributed by atoms with Crippen molar-refractivity contribution in [3.63, 3.8) is 0 Å². The Balaban J connectivity index is 0.664. The number of sulfonamides is 2. The third kappa shape index (κ3) is 16.1. The number of nitrogens with one attached hydrogen (secondary N) is 4. The lowest BCUT2D eigenvalue weighted by molar-refractivity contribution is 0.113. The Labute approximate surface area is 491 Å². The Bertz CT molecular complexity index is 2920. The van der Waals surface area contributed by atoms with Crippen LogP contribution in [0.2, 0.25) is 20.1 Å². The number of benzene rings is 4. The van der Waals surface area contributed by atoms with E-state index in [9.17, 15) is 26.4 Å². The quantitative estimate of drug-likeness (QED) is 0.0410. The zero-order chi connectivity index (χ0) is 57.5. The van der Waals surface area contributed by atoms with Gasteiger partial charge in [-0.3, -0.25) is 0 Å². The molecule has 8 N–H and O–H groups in total. The molecule has 0 saturated carbocycles. The van der Waals surface area contributed by atoms with Crippen LogP contribution in [-0.4, -0.2) is 168 Å². The van der Waals surface area contributed by atoms with Crippen molar-refractivity contribution in [1.29, 1.82) is 0 Å². The molecule has 0 aromatic heterocycles. The van der Waals surface area contributed by atoms with E-state index in [1.165, 1.54) is 0 Å². The van der Waals surface area contributed by atoms with Gasteiger partial charge in [0.2, 0.25) is 20.0 Å². The Morgan fingerprint density at radius 3 is 1.32 bits per heavy atom. The van der Waals surface area contributed by atoms with Crippen LogP contribution in [-0.2, 0) is 42.6 Å². The predicted molar refractivity (Wildman–Crippen MR) is 316 cm³/mol. The molecule has 438 valence electrons. The first kappa shape index (κ1) is 62.2. The van der Waals surface area contributed by atoms with Crippen molar-refractivity contribution in [3.05, 3.63) is 124 Å². The van der Waals surface area contributed by atoms with Crippen molar-refractivity contribution in [1.82, 2.24) is 40.9 Å². The van der Waals surface area contributed by atoms with E-state index in [0.29, 0.717) is 136 Å². The summed E-state index contributed by atoms with van der Waals surface area (Å²) in [6, 6.07) is 14.5. The molecule has 2 unspecified atom stereocenters. The summed E-state index contributed by atoms with van der Waals surface area (Å²) in [7, 11) is -3.95. The fourth-order valence-corrected chi connectivity index (χ4v) is 14.8. The summed E-state index contributed by atoms with van der Waals surface area (Å²) in [4.78, 5) is 34.0. The number of likely N-dealkylation sites (tertiary alicyclic amines) is 2. The Morgan fingerprint density at radius 1 is 0.550 bits per heavy atom. The number of carbonyl (C=O) groups excluding carboxylic acids is 2. The molecule has 2 fully saturated rings. The smallest absolute Gasteiger partial charge is 0.314 e. The van der Waals surface area contributed by atoms with Gasteiger partial charge in [0.15, 0.2) is 0 Å². The molecule has 4 atom stereocenters. The molecule has 24 heteroatoms. The van der Waals surface area contributed by atoms with Crippen LogP contribution in [0.5, 0.6) is 0 Å². The van der Waals surface area contributed by atoms with Crippen LogP contribution in [0, 0.1) is 13.8 Å². The van der Waals surface area contributed by atoms with Gasteiger partial charge in [-0.1, -0.05) is 58.5 Å². The molecule has 8 rings (SSSR count). The SMILES string of the molecule is Cc1c([C@H]2CCN(CCOCCNC(=O)NCCCCNC(=O)NCCOCCN3CC[C@H](c4cc(C5CN(C)Cc6c(Cl)cc(Cl)cc65)cc(S(N)(=O)=O)c4C)C3)C2)cc(C2CN(C)Cc3c(Cl)cc(Cl)cc32)cc1S(N)(=O)=O. The number of nitrogens with zero attached hydrogens (tertiary/aromatic N) is 4. The predicted octanol–water partition coefficient (Wildman–Crippen LogP) is 7.06. The lowest BCUT2D eigenvalue weighted by Gasteiger charge is -2.34. The average Bonchev–Trinajstić information content (AvgIpc) is 4.16. The van der Waals surface area contributed by atoms with Crippen LogP contribution in [0.4, 0.5) is 9.59 Å². The van der Waals surface area contributed by atoms with Gasteiger partial charge in [0.05, 0.1) is 36.2 Å². The molecule has 18 nitrogen and oxygen atoms in total. The van der Waals surface area contributed by atoms with E-state index in [0.717, 1.165) is 83.5 Å². The number of nitrogens with two attached hydrogens (primary N) is 2. The summed E-state index contributed by atoms with van der Waals surface area (Å²) in [5, 5.41) is 25.2. The van der Waals surface area contributed by atoms with E-state index in [4.69, 9.17) is 66.2 Å². The van der Waals surface area contributed by atoms with E-state index in [-0.39, 0.29) is 45.5 Å². The molecular weight excluding hydrogens is 1150 g/mol.